The Hall–Kier alpha value is -1.68. The third kappa shape index (κ3) is 1.61. The van der Waals surface area contributed by atoms with Crippen LogP contribution in [0.5, 0.6) is 11.5 Å². The highest BCUT2D eigenvalue weighted by atomic mass is 35.5. The molecule has 0 radical (unpaired) electrons. The third-order valence-corrected chi connectivity index (χ3v) is 2.63. The van der Waals surface area contributed by atoms with Crippen molar-refractivity contribution in [1.29, 1.82) is 0 Å². The summed E-state index contributed by atoms with van der Waals surface area (Å²) < 4.78 is 10.9. The van der Waals surface area contributed by atoms with E-state index >= 15 is 0 Å². The number of fused-ring (bicyclic) bond motifs is 1. The number of rotatable bonds is 2. The van der Waals surface area contributed by atoms with Crippen LogP contribution in [0.2, 0.25) is 5.15 Å². The number of nitrogens with zero attached hydrogens (tertiary/aromatic N) is 1. The number of hydrogen-bond donors (Lipinski definition) is 0. The largest absolute Gasteiger partial charge is 0.617 e. The number of halogens is 1. The first-order chi connectivity index (χ1) is 7.67. The van der Waals surface area contributed by atoms with Crippen molar-refractivity contribution < 1.29 is 14.2 Å². The van der Waals surface area contributed by atoms with Crippen LogP contribution in [0.3, 0.4) is 0 Å². The van der Waals surface area contributed by atoms with Crippen molar-refractivity contribution in [1.82, 2.24) is 0 Å². The molecule has 2 rings (SSSR count). The summed E-state index contributed by atoms with van der Waals surface area (Å²) in [6.07, 6.45) is 0. The van der Waals surface area contributed by atoms with Crippen molar-refractivity contribution in [2.24, 2.45) is 0 Å². The topological polar surface area (TPSA) is 45.4 Å². The summed E-state index contributed by atoms with van der Waals surface area (Å²) in [7, 11) is 3.06. The van der Waals surface area contributed by atoms with Crippen molar-refractivity contribution in [3.8, 4) is 11.5 Å². The van der Waals surface area contributed by atoms with Gasteiger partial charge >= 0.3 is 0 Å². The SMILES string of the molecule is COc1cc2ccc(Cl)[n+]([O-])c2cc1OC. The van der Waals surface area contributed by atoms with Gasteiger partial charge in [0.1, 0.15) is 0 Å². The summed E-state index contributed by atoms with van der Waals surface area (Å²) in [5, 5.41) is 12.6. The lowest BCUT2D eigenvalue weighted by Gasteiger charge is -2.09. The Bertz CT molecular complexity index is 542. The minimum absolute atomic E-state index is 0.125. The van der Waals surface area contributed by atoms with Gasteiger partial charge in [0.15, 0.2) is 11.5 Å². The van der Waals surface area contributed by atoms with Crippen LogP contribution in [0, 0.1) is 5.21 Å². The number of aromatic nitrogens is 1. The first-order valence-electron chi connectivity index (χ1n) is 4.61. The van der Waals surface area contributed by atoms with E-state index < -0.39 is 0 Å². The molecular formula is C11H10ClNO3. The molecule has 0 unspecified atom stereocenters. The normalized spacial score (nSPS) is 10.4. The summed E-state index contributed by atoms with van der Waals surface area (Å²) in [6, 6.07) is 6.64. The average molecular weight is 240 g/mol. The van der Waals surface area contributed by atoms with E-state index in [0.29, 0.717) is 21.7 Å². The molecule has 5 heteroatoms. The second-order valence-electron chi connectivity index (χ2n) is 3.22. The van der Waals surface area contributed by atoms with Gasteiger partial charge in [-0.3, -0.25) is 0 Å². The van der Waals surface area contributed by atoms with Crippen LogP contribution in [0.1, 0.15) is 0 Å². The Morgan fingerprint density at radius 3 is 2.38 bits per heavy atom. The maximum Gasteiger partial charge on any atom is 0.286 e. The van der Waals surface area contributed by atoms with E-state index in [1.165, 1.54) is 7.11 Å². The molecule has 0 N–H and O–H groups in total. The maximum atomic E-state index is 11.7. The summed E-state index contributed by atoms with van der Waals surface area (Å²) >= 11 is 5.74. The molecule has 2 aromatic rings. The van der Waals surface area contributed by atoms with E-state index in [4.69, 9.17) is 21.1 Å². The van der Waals surface area contributed by atoms with Crippen LogP contribution in [-0.2, 0) is 0 Å². The van der Waals surface area contributed by atoms with Crippen LogP contribution in [0.25, 0.3) is 10.9 Å². The number of hydrogen-bond acceptors (Lipinski definition) is 3. The fourth-order valence-electron chi connectivity index (χ4n) is 1.53. The third-order valence-electron chi connectivity index (χ3n) is 2.35. The fraction of sp³-hybridized carbons (Fsp3) is 0.182. The minimum Gasteiger partial charge on any atom is -0.617 e. The first kappa shape index (κ1) is 10.8. The molecule has 16 heavy (non-hydrogen) atoms. The number of pyridine rings is 1. The van der Waals surface area contributed by atoms with Gasteiger partial charge in [0.2, 0.25) is 5.52 Å². The molecule has 4 nitrogen and oxygen atoms in total. The number of ether oxygens (including phenoxy) is 2. The van der Waals surface area contributed by atoms with E-state index in [0.717, 1.165) is 5.39 Å². The monoisotopic (exact) mass is 239 g/mol. The van der Waals surface area contributed by atoms with Crippen molar-refractivity contribution in [2.75, 3.05) is 14.2 Å². The summed E-state index contributed by atoms with van der Waals surface area (Å²) in [5.41, 5.74) is 0.449. The molecule has 0 spiro atoms. The molecule has 1 aromatic heterocycles. The molecule has 0 amide bonds. The minimum atomic E-state index is 0.125. The lowest BCUT2D eigenvalue weighted by molar-refractivity contribution is -0.574. The second kappa shape index (κ2) is 4.06. The van der Waals surface area contributed by atoms with Crippen molar-refractivity contribution in [3.63, 3.8) is 0 Å². The average Bonchev–Trinajstić information content (AvgIpc) is 2.32. The highest BCUT2D eigenvalue weighted by Crippen LogP contribution is 2.31. The van der Waals surface area contributed by atoms with Crippen LogP contribution >= 0.6 is 11.6 Å². The molecule has 0 bridgehead atoms. The van der Waals surface area contributed by atoms with E-state index in [1.807, 2.05) is 0 Å². The summed E-state index contributed by atoms with van der Waals surface area (Å²) in [4.78, 5) is 0. The predicted octanol–water partition coefficient (Wildman–Crippen LogP) is 2.14. The van der Waals surface area contributed by atoms with Crippen LogP contribution < -0.4 is 14.2 Å². The van der Waals surface area contributed by atoms with Crippen LogP contribution in [0.4, 0.5) is 0 Å². The van der Waals surface area contributed by atoms with Crippen molar-refractivity contribution >= 4 is 22.5 Å². The maximum absolute atomic E-state index is 11.7. The zero-order chi connectivity index (χ0) is 11.7. The number of methoxy groups -OCH3 is 2. The molecule has 0 saturated carbocycles. The Balaban J connectivity index is 2.78. The molecule has 0 aliphatic heterocycles. The van der Waals surface area contributed by atoms with Crippen LogP contribution in [-0.4, -0.2) is 14.2 Å². The summed E-state index contributed by atoms with van der Waals surface area (Å²) in [5.74, 6) is 1.08. The molecule has 0 aliphatic carbocycles. The Labute approximate surface area is 97.6 Å². The predicted molar refractivity (Wildman–Crippen MR) is 61.0 cm³/mol. The van der Waals surface area contributed by atoms with Gasteiger partial charge in [-0.15, -0.1) is 0 Å². The van der Waals surface area contributed by atoms with Gasteiger partial charge in [0.05, 0.1) is 25.7 Å². The summed E-state index contributed by atoms with van der Waals surface area (Å²) in [6.45, 7) is 0. The molecular weight excluding hydrogens is 230 g/mol. The van der Waals surface area contributed by atoms with Gasteiger partial charge in [0, 0.05) is 6.07 Å². The zero-order valence-electron chi connectivity index (χ0n) is 8.86. The van der Waals surface area contributed by atoms with Crippen molar-refractivity contribution in [2.45, 2.75) is 0 Å². The molecule has 84 valence electrons. The van der Waals surface area contributed by atoms with Gasteiger partial charge in [-0.05, 0) is 23.7 Å². The first-order valence-corrected chi connectivity index (χ1v) is 4.99. The standard InChI is InChI=1S/C11H10ClNO3/c1-15-9-5-7-3-4-11(12)13(14)8(7)6-10(9)16-2/h3-6H,1-2H3. The highest BCUT2D eigenvalue weighted by molar-refractivity contribution is 6.28. The fourth-order valence-corrected chi connectivity index (χ4v) is 1.69. The van der Waals surface area contributed by atoms with E-state index in [9.17, 15) is 5.21 Å². The lowest BCUT2D eigenvalue weighted by Crippen LogP contribution is -2.28. The van der Waals surface area contributed by atoms with E-state index in [-0.39, 0.29) is 5.15 Å². The number of benzene rings is 1. The van der Waals surface area contributed by atoms with Crippen LogP contribution in [0.15, 0.2) is 24.3 Å². The van der Waals surface area contributed by atoms with E-state index in [2.05, 4.69) is 0 Å². The molecule has 0 aliphatic rings. The molecule has 1 aromatic carbocycles. The van der Waals surface area contributed by atoms with Gasteiger partial charge < -0.3 is 14.7 Å². The lowest BCUT2D eigenvalue weighted by atomic mass is 10.2. The second-order valence-corrected chi connectivity index (χ2v) is 3.60. The zero-order valence-corrected chi connectivity index (χ0v) is 9.62. The van der Waals surface area contributed by atoms with Gasteiger partial charge in [-0.1, -0.05) is 0 Å². The quantitative estimate of drug-likeness (QED) is 0.458. The molecule has 0 saturated heterocycles. The Morgan fingerprint density at radius 2 is 1.75 bits per heavy atom. The Kier molecular flexibility index (Phi) is 2.75. The smallest absolute Gasteiger partial charge is 0.286 e. The molecule has 0 fully saturated rings. The molecule has 1 heterocycles. The van der Waals surface area contributed by atoms with Gasteiger partial charge in [-0.2, -0.15) is 4.73 Å². The van der Waals surface area contributed by atoms with Gasteiger partial charge in [0.25, 0.3) is 5.15 Å². The molecule has 0 atom stereocenters. The van der Waals surface area contributed by atoms with Gasteiger partial charge in [-0.25, -0.2) is 0 Å². The Morgan fingerprint density at radius 1 is 1.12 bits per heavy atom. The van der Waals surface area contributed by atoms with E-state index in [1.54, 1.807) is 31.4 Å². The van der Waals surface area contributed by atoms with Crippen molar-refractivity contribution in [3.05, 3.63) is 34.6 Å². The highest BCUT2D eigenvalue weighted by Gasteiger charge is 2.13.